The monoisotopic (exact) mass is 351 g/mol. The van der Waals surface area contributed by atoms with Gasteiger partial charge in [-0.25, -0.2) is 4.98 Å². The second-order valence-electron chi connectivity index (χ2n) is 6.14. The zero-order valence-corrected chi connectivity index (χ0v) is 15.1. The molecule has 0 aliphatic rings. The van der Waals surface area contributed by atoms with Crippen molar-refractivity contribution >= 4 is 5.69 Å². The highest BCUT2D eigenvalue weighted by Crippen LogP contribution is 2.26. The van der Waals surface area contributed by atoms with Gasteiger partial charge in [0.2, 0.25) is 0 Å². The number of anilines is 1. The first kappa shape index (κ1) is 18.0. The molecule has 0 unspecified atom stereocenters. The van der Waals surface area contributed by atoms with E-state index in [-0.39, 0.29) is 6.61 Å². The number of para-hydroxylation sites is 1. The van der Waals surface area contributed by atoms with Crippen LogP contribution in [0, 0.1) is 0 Å². The lowest BCUT2D eigenvalue weighted by Gasteiger charge is -2.12. The van der Waals surface area contributed by atoms with Crippen LogP contribution in [0.3, 0.4) is 0 Å². The predicted molar refractivity (Wildman–Crippen MR) is 104 cm³/mol. The minimum Gasteiger partial charge on any atom is -0.491 e. The molecule has 0 saturated carbocycles. The molecule has 136 valence electrons. The molecule has 1 heterocycles. The average molecular weight is 351 g/mol. The second kappa shape index (κ2) is 8.54. The van der Waals surface area contributed by atoms with E-state index in [2.05, 4.69) is 28.6 Å². The van der Waals surface area contributed by atoms with Crippen LogP contribution in [0.4, 0.5) is 5.69 Å². The normalized spacial score (nSPS) is 10.8. The summed E-state index contributed by atoms with van der Waals surface area (Å²) in [5, 5.41) is 9.27. The Balaban J connectivity index is 1.62. The van der Waals surface area contributed by atoms with Gasteiger partial charge >= 0.3 is 0 Å². The summed E-state index contributed by atoms with van der Waals surface area (Å²) in [7, 11) is 0. The Morgan fingerprint density at radius 1 is 1.12 bits per heavy atom. The maximum Gasteiger partial charge on any atom is 0.142 e. The number of nitrogens with two attached hydrogens (primary N) is 1. The Hall–Kier alpha value is -2.79. The number of hydrogen-bond acceptors (Lipinski definition) is 4. The van der Waals surface area contributed by atoms with E-state index in [0.717, 1.165) is 30.6 Å². The molecule has 0 spiro atoms. The van der Waals surface area contributed by atoms with Gasteiger partial charge in [-0.1, -0.05) is 49.4 Å². The first-order valence-electron chi connectivity index (χ1n) is 8.95. The van der Waals surface area contributed by atoms with E-state index in [4.69, 9.17) is 10.5 Å². The summed E-state index contributed by atoms with van der Waals surface area (Å²) >= 11 is 0. The summed E-state index contributed by atoms with van der Waals surface area (Å²) in [4.78, 5) is 4.61. The first-order chi connectivity index (χ1) is 12.7. The average Bonchev–Trinajstić information content (AvgIpc) is 3.10. The van der Waals surface area contributed by atoms with Crippen LogP contribution in [-0.4, -0.2) is 21.3 Å². The van der Waals surface area contributed by atoms with Gasteiger partial charge in [-0.15, -0.1) is 0 Å². The Bertz CT molecular complexity index is 844. The van der Waals surface area contributed by atoms with Gasteiger partial charge in [0.25, 0.3) is 0 Å². The van der Waals surface area contributed by atoms with Gasteiger partial charge in [-0.2, -0.15) is 0 Å². The molecule has 5 nitrogen and oxygen atoms in total. The lowest BCUT2D eigenvalue weighted by Crippen LogP contribution is -2.08. The number of aliphatic hydroxyl groups excluding tert-OH is 1. The summed E-state index contributed by atoms with van der Waals surface area (Å²) in [6.45, 7) is 3.46. The summed E-state index contributed by atoms with van der Waals surface area (Å²) in [5.41, 5.74) is 10.6. The molecule has 2 aromatic carbocycles. The van der Waals surface area contributed by atoms with Crippen molar-refractivity contribution in [2.24, 2.45) is 0 Å². The third-order valence-electron chi connectivity index (χ3n) is 4.46. The van der Waals surface area contributed by atoms with Gasteiger partial charge in [0.05, 0.1) is 30.9 Å². The third kappa shape index (κ3) is 3.89. The molecule has 0 bridgehead atoms. The van der Waals surface area contributed by atoms with Crippen LogP contribution in [-0.2, 0) is 19.6 Å². The van der Waals surface area contributed by atoms with Gasteiger partial charge in [0.1, 0.15) is 5.75 Å². The van der Waals surface area contributed by atoms with Crippen LogP contribution in [0.15, 0.2) is 54.9 Å². The number of rotatable bonds is 8. The molecule has 0 amide bonds. The molecule has 3 aromatic rings. The van der Waals surface area contributed by atoms with E-state index in [9.17, 15) is 5.11 Å². The fraction of sp³-hybridized carbons (Fsp3) is 0.286. The lowest BCUT2D eigenvalue weighted by atomic mass is 10.1. The number of hydrogen-bond donors (Lipinski definition) is 2. The summed E-state index contributed by atoms with van der Waals surface area (Å²) < 4.78 is 7.99. The largest absolute Gasteiger partial charge is 0.491 e. The fourth-order valence-corrected chi connectivity index (χ4v) is 3.08. The molecule has 5 heteroatoms. The third-order valence-corrected chi connectivity index (χ3v) is 4.46. The van der Waals surface area contributed by atoms with E-state index in [0.29, 0.717) is 23.6 Å². The molecule has 0 fully saturated rings. The molecule has 3 N–H and O–H groups in total. The molecule has 0 radical (unpaired) electrons. The zero-order valence-electron chi connectivity index (χ0n) is 15.1. The predicted octanol–water partition coefficient (Wildman–Crippen LogP) is 3.66. The van der Waals surface area contributed by atoms with Gasteiger partial charge in [-0.3, -0.25) is 0 Å². The maximum atomic E-state index is 9.27. The van der Waals surface area contributed by atoms with Crippen LogP contribution in [0.5, 0.6) is 5.75 Å². The minimum atomic E-state index is -0.0831. The van der Waals surface area contributed by atoms with Crippen molar-refractivity contribution in [1.82, 2.24) is 9.55 Å². The van der Waals surface area contributed by atoms with Crippen LogP contribution in [0.2, 0.25) is 0 Å². The Morgan fingerprint density at radius 2 is 1.92 bits per heavy atom. The zero-order chi connectivity index (χ0) is 18.4. The Kier molecular flexibility index (Phi) is 5.92. The first-order valence-corrected chi connectivity index (χ1v) is 8.95. The second-order valence-corrected chi connectivity index (χ2v) is 6.14. The Labute approximate surface area is 154 Å². The summed E-state index contributed by atoms with van der Waals surface area (Å²) in [5.74, 6) is 0.628. The van der Waals surface area contributed by atoms with E-state index in [1.54, 1.807) is 6.07 Å². The number of imidazole rings is 1. The number of aromatic nitrogens is 2. The quantitative estimate of drug-likeness (QED) is 0.480. The van der Waals surface area contributed by atoms with Crippen molar-refractivity contribution in [3.05, 3.63) is 66.1 Å². The van der Waals surface area contributed by atoms with Crippen molar-refractivity contribution in [3.63, 3.8) is 0 Å². The molecule has 26 heavy (non-hydrogen) atoms. The smallest absolute Gasteiger partial charge is 0.142 e. The number of nitrogen functional groups attached to an aromatic ring is 1. The van der Waals surface area contributed by atoms with Crippen LogP contribution in [0.1, 0.15) is 24.6 Å². The number of ether oxygens (including phenoxy) is 1. The van der Waals surface area contributed by atoms with Crippen LogP contribution >= 0.6 is 0 Å². The number of aliphatic hydroxyl groups is 1. The lowest BCUT2D eigenvalue weighted by molar-refractivity contribution is 0.279. The summed E-state index contributed by atoms with van der Waals surface area (Å²) in [6, 6.07) is 15.7. The maximum absolute atomic E-state index is 9.27. The molecule has 0 aliphatic carbocycles. The molecular formula is C21H25N3O2. The van der Waals surface area contributed by atoms with Gasteiger partial charge in [-0.05, 0) is 18.9 Å². The molecule has 0 saturated heterocycles. The number of aryl methyl sites for hydroxylation is 1. The molecular weight excluding hydrogens is 326 g/mol. The SMILES string of the molecule is CCc1c(-c2ccccc2)ncn1CCCOc1cccc(CO)c1N. The van der Waals surface area contributed by atoms with E-state index >= 15 is 0 Å². The van der Waals surface area contributed by atoms with Gasteiger partial charge in [0, 0.05) is 23.4 Å². The van der Waals surface area contributed by atoms with Gasteiger partial charge < -0.3 is 20.1 Å². The summed E-state index contributed by atoms with van der Waals surface area (Å²) in [6.07, 6.45) is 3.68. The van der Waals surface area contributed by atoms with Crippen molar-refractivity contribution in [1.29, 1.82) is 0 Å². The molecule has 3 rings (SSSR count). The highest BCUT2D eigenvalue weighted by molar-refractivity contribution is 5.61. The van der Waals surface area contributed by atoms with E-state index < -0.39 is 0 Å². The highest BCUT2D eigenvalue weighted by atomic mass is 16.5. The minimum absolute atomic E-state index is 0.0831. The Morgan fingerprint density at radius 3 is 2.65 bits per heavy atom. The van der Waals surface area contributed by atoms with Crippen molar-refractivity contribution in [2.75, 3.05) is 12.3 Å². The number of nitrogens with zero attached hydrogens (tertiary/aromatic N) is 2. The molecule has 1 aromatic heterocycles. The number of benzene rings is 2. The van der Waals surface area contributed by atoms with E-state index in [1.165, 1.54) is 5.69 Å². The molecule has 0 atom stereocenters. The van der Waals surface area contributed by atoms with Crippen LogP contribution < -0.4 is 10.5 Å². The fourth-order valence-electron chi connectivity index (χ4n) is 3.08. The van der Waals surface area contributed by atoms with E-state index in [1.807, 2.05) is 36.7 Å². The standard InChI is InChI=1S/C21H25N3O2/c1-2-18-21(16-8-4-3-5-9-16)23-15-24(18)12-7-13-26-19-11-6-10-17(14-25)20(19)22/h3-6,8-11,15,25H,2,7,12-14,22H2,1H3. The van der Waals surface area contributed by atoms with Gasteiger partial charge in [0.15, 0.2) is 0 Å². The highest BCUT2D eigenvalue weighted by Gasteiger charge is 2.11. The topological polar surface area (TPSA) is 73.3 Å². The van der Waals surface area contributed by atoms with Crippen molar-refractivity contribution < 1.29 is 9.84 Å². The van der Waals surface area contributed by atoms with Crippen molar-refractivity contribution in [2.45, 2.75) is 32.9 Å². The van der Waals surface area contributed by atoms with Crippen molar-refractivity contribution in [3.8, 4) is 17.0 Å². The molecule has 0 aliphatic heterocycles. The van der Waals surface area contributed by atoms with Crippen LogP contribution in [0.25, 0.3) is 11.3 Å².